The van der Waals surface area contributed by atoms with Crippen LogP contribution in [-0.4, -0.2) is 10.2 Å². The van der Waals surface area contributed by atoms with E-state index in [2.05, 4.69) is 0 Å². The fourth-order valence-corrected chi connectivity index (χ4v) is 4.05. The van der Waals surface area contributed by atoms with Gasteiger partial charge in [-0.3, -0.25) is 0 Å². The highest BCUT2D eigenvalue weighted by molar-refractivity contribution is 5.45. The van der Waals surface area contributed by atoms with E-state index in [-0.39, 0.29) is 6.42 Å². The van der Waals surface area contributed by atoms with Crippen LogP contribution in [0.25, 0.3) is 0 Å². The zero-order valence-corrected chi connectivity index (χ0v) is 16.1. The Kier molecular flexibility index (Phi) is 5.30. The van der Waals surface area contributed by atoms with Gasteiger partial charge in [0.15, 0.2) is 0 Å². The predicted octanol–water partition coefficient (Wildman–Crippen LogP) is 5.05. The van der Waals surface area contributed by atoms with Gasteiger partial charge < -0.3 is 10.2 Å². The van der Waals surface area contributed by atoms with Crippen molar-refractivity contribution in [3.8, 4) is 0 Å². The fraction of sp³-hybridized carbons (Fsp3) is 0.111. The van der Waals surface area contributed by atoms with Crippen LogP contribution in [0, 0.1) is 0 Å². The summed E-state index contributed by atoms with van der Waals surface area (Å²) >= 11 is 0. The average molecular weight is 380 g/mol. The molecular weight excluding hydrogens is 356 g/mol. The molecular formula is C27H24O2. The third-order valence-electron chi connectivity index (χ3n) is 5.54. The Hall–Kier alpha value is -3.20. The van der Waals surface area contributed by atoms with Crippen molar-refractivity contribution in [3.05, 3.63) is 144 Å². The summed E-state index contributed by atoms with van der Waals surface area (Å²) in [6, 6.07) is 38.1. The summed E-state index contributed by atoms with van der Waals surface area (Å²) in [6.45, 7) is 0. The zero-order valence-electron chi connectivity index (χ0n) is 16.1. The molecule has 1 atom stereocenters. The summed E-state index contributed by atoms with van der Waals surface area (Å²) in [7, 11) is 0. The van der Waals surface area contributed by atoms with E-state index in [9.17, 15) is 10.2 Å². The lowest BCUT2D eigenvalue weighted by Gasteiger charge is -2.45. The number of aliphatic hydroxyl groups is 2. The second-order valence-corrected chi connectivity index (χ2v) is 7.33. The number of hydrogen-bond donors (Lipinski definition) is 2. The van der Waals surface area contributed by atoms with Crippen molar-refractivity contribution in [2.24, 2.45) is 0 Å². The topological polar surface area (TPSA) is 40.5 Å². The molecule has 2 N–H and O–H groups in total. The Labute approximate surface area is 171 Å². The monoisotopic (exact) mass is 380 g/mol. The molecule has 0 saturated carbocycles. The molecule has 0 aliphatic rings. The molecule has 0 spiro atoms. The van der Waals surface area contributed by atoms with Crippen LogP contribution in [0.15, 0.2) is 121 Å². The van der Waals surface area contributed by atoms with E-state index in [4.69, 9.17) is 0 Å². The first-order chi connectivity index (χ1) is 14.1. The van der Waals surface area contributed by atoms with E-state index < -0.39 is 11.2 Å². The minimum Gasteiger partial charge on any atom is -0.381 e. The number of hydrogen-bond acceptors (Lipinski definition) is 2. The van der Waals surface area contributed by atoms with Crippen LogP contribution in [0.2, 0.25) is 0 Å². The van der Waals surface area contributed by atoms with Gasteiger partial charge in [0.25, 0.3) is 0 Å². The normalized spacial score (nSPS) is 13.6. The molecule has 0 aliphatic carbocycles. The molecule has 0 aliphatic heterocycles. The molecule has 4 rings (SSSR count). The summed E-state index contributed by atoms with van der Waals surface area (Å²) in [5.41, 5.74) is -0.324. The van der Waals surface area contributed by atoms with Crippen molar-refractivity contribution < 1.29 is 10.2 Å². The van der Waals surface area contributed by atoms with E-state index in [1.165, 1.54) is 0 Å². The van der Waals surface area contributed by atoms with Crippen LogP contribution in [0.1, 0.15) is 22.3 Å². The average Bonchev–Trinajstić information content (AvgIpc) is 2.81. The lowest BCUT2D eigenvalue weighted by Crippen LogP contribution is -2.51. The molecule has 0 aromatic heterocycles. The quantitative estimate of drug-likeness (QED) is 0.491. The van der Waals surface area contributed by atoms with Crippen molar-refractivity contribution in [2.45, 2.75) is 17.6 Å². The maximum Gasteiger partial charge on any atom is 0.148 e. The van der Waals surface area contributed by atoms with E-state index in [1.54, 1.807) is 0 Å². The summed E-state index contributed by atoms with van der Waals surface area (Å²) in [5, 5.41) is 24.6. The van der Waals surface area contributed by atoms with Gasteiger partial charge in [0, 0.05) is 6.42 Å². The van der Waals surface area contributed by atoms with E-state index >= 15 is 0 Å². The second-order valence-electron chi connectivity index (χ2n) is 7.33. The second kappa shape index (κ2) is 8.04. The lowest BCUT2D eigenvalue weighted by atomic mass is 9.67. The Bertz CT molecular complexity index is 991. The Morgan fingerprint density at radius 2 is 0.793 bits per heavy atom. The predicted molar refractivity (Wildman–Crippen MR) is 116 cm³/mol. The van der Waals surface area contributed by atoms with Gasteiger partial charge in [-0.1, -0.05) is 121 Å². The lowest BCUT2D eigenvalue weighted by molar-refractivity contribution is -0.140. The molecule has 0 amide bonds. The van der Waals surface area contributed by atoms with Crippen LogP contribution >= 0.6 is 0 Å². The van der Waals surface area contributed by atoms with Gasteiger partial charge in [-0.15, -0.1) is 0 Å². The third kappa shape index (κ3) is 3.49. The minimum atomic E-state index is -1.65. The molecule has 0 bridgehead atoms. The summed E-state index contributed by atoms with van der Waals surface area (Å²) in [5.74, 6) is 0. The molecule has 1 unspecified atom stereocenters. The standard InChI is InChI=1S/C27H24O2/c28-26(23-15-7-2-8-16-23,21-22-13-5-1-6-14-22)27(29,24-17-9-3-10-18-24)25-19-11-4-12-20-25/h1-20,28-29H,21H2. The molecule has 4 aromatic carbocycles. The van der Waals surface area contributed by atoms with Crippen LogP contribution in [0.5, 0.6) is 0 Å². The molecule has 0 radical (unpaired) electrons. The van der Waals surface area contributed by atoms with Crippen LogP contribution < -0.4 is 0 Å². The van der Waals surface area contributed by atoms with Crippen LogP contribution in [0.4, 0.5) is 0 Å². The molecule has 29 heavy (non-hydrogen) atoms. The van der Waals surface area contributed by atoms with E-state index in [0.717, 1.165) is 5.56 Å². The Morgan fingerprint density at radius 1 is 0.448 bits per heavy atom. The molecule has 0 fully saturated rings. The van der Waals surface area contributed by atoms with Crippen LogP contribution in [0.3, 0.4) is 0 Å². The maximum absolute atomic E-state index is 12.3. The first kappa shape index (κ1) is 19.1. The van der Waals surface area contributed by atoms with Gasteiger partial charge in [0.05, 0.1) is 0 Å². The van der Waals surface area contributed by atoms with E-state index in [1.807, 2.05) is 121 Å². The number of benzene rings is 4. The molecule has 144 valence electrons. The maximum atomic E-state index is 12.3. The summed E-state index contributed by atoms with van der Waals surface area (Å²) in [4.78, 5) is 0. The zero-order chi connectivity index (χ0) is 20.2. The van der Waals surface area contributed by atoms with Gasteiger partial charge in [-0.05, 0) is 22.3 Å². The molecule has 2 nitrogen and oxygen atoms in total. The molecule has 4 aromatic rings. The van der Waals surface area contributed by atoms with Crippen molar-refractivity contribution in [1.29, 1.82) is 0 Å². The highest BCUT2D eigenvalue weighted by Gasteiger charge is 2.52. The van der Waals surface area contributed by atoms with Gasteiger partial charge in [0.2, 0.25) is 0 Å². The Balaban J connectivity index is 1.99. The van der Waals surface area contributed by atoms with E-state index in [0.29, 0.717) is 16.7 Å². The highest BCUT2D eigenvalue weighted by Crippen LogP contribution is 2.47. The van der Waals surface area contributed by atoms with Gasteiger partial charge in [-0.25, -0.2) is 0 Å². The fourth-order valence-electron chi connectivity index (χ4n) is 4.05. The van der Waals surface area contributed by atoms with Crippen molar-refractivity contribution in [2.75, 3.05) is 0 Å². The van der Waals surface area contributed by atoms with Gasteiger partial charge in [0.1, 0.15) is 11.2 Å². The first-order valence-corrected chi connectivity index (χ1v) is 9.80. The van der Waals surface area contributed by atoms with Gasteiger partial charge in [-0.2, -0.15) is 0 Å². The summed E-state index contributed by atoms with van der Waals surface area (Å²) in [6.07, 6.45) is 0.262. The van der Waals surface area contributed by atoms with Gasteiger partial charge >= 0.3 is 0 Å². The third-order valence-corrected chi connectivity index (χ3v) is 5.54. The first-order valence-electron chi connectivity index (χ1n) is 9.80. The Morgan fingerprint density at radius 3 is 1.21 bits per heavy atom. The molecule has 0 heterocycles. The number of rotatable bonds is 6. The highest BCUT2D eigenvalue weighted by atomic mass is 16.4. The van der Waals surface area contributed by atoms with Crippen molar-refractivity contribution >= 4 is 0 Å². The SMILES string of the molecule is OC(Cc1ccccc1)(c1ccccc1)C(O)(c1ccccc1)c1ccccc1. The largest absolute Gasteiger partial charge is 0.381 e. The smallest absolute Gasteiger partial charge is 0.148 e. The minimum absolute atomic E-state index is 0.262. The summed E-state index contributed by atoms with van der Waals surface area (Å²) < 4.78 is 0. The van der Waals surface area contributed by atoms with Crippen LogP contribution in [-0.2, 0) is 17.6 Å². The molecule has 2 heteroatoms. The van der Waals surface area contributed by atoms with Crippen molar-refractivity contribution in [3.63, 3.8) is 0 Å². The molecule has 0 saturated heterocycles. The van der Waals surface area contributed by atoms with Crippen molar-refractivity contribution in [1.82, 2.24) is 0 Å².